The molecule has 0 radical (unpaired) electrons. The van der Waals surface area contributed by atoms with Crippen LogP contribution in [0.25, 0.3) is 0 Å². The highest BCUT2D eigenvalue weighted by Crippen LogP contribution is 2.30. The summed E-state index contributed by atoms with van der Waals surface area (Å²) >= 11 is 1.94. The van der Waals surface area contributed by atoms with Crippen molar-refractivity contribution in [2.75, 3.05) is 5.32 Å². The lowest BCUT2D eigenvalue weighted by Crippen LogP contribution is -2.00. The molecule has 1 N–H and O–H groups in total. The highest BCUT2D eigenvalue weighted by Gasteiger charge is 2.14. The minimum absolute atomic E-state index is 0.869. The number of aromatic nitrogens is 2. The number of nitrogens with zero attached hydrogens (tertiary/aromatic N) is 2. The molecule has 1 aliphatic rings. The maximum atomic E-state index is 4.20. The van der Waals surface area contributed by atoms with Crippen molar-refractivity contribution < 1.29 is 0 Å². The Morgan fingerprint density at radius 1 is 1.29 bits per heavy atom. The molecule has 0 saturated carbocycles. The number of fused-ring (bicyclic) bond motifs is 1. The number of nitrogens with one attached hydrogen (secondary N) is 1. The van der Waals surface area contributed by atoms with Crippen molar-refractivity contribution in [2.24, 2.45) is 0 Å². The van der Waals surface area contributed by atoms with E-state index >= 15 is 0 Å². The highest BCUT2D eigenvalue weighted by atomic mass is 32.1. The van der Waals surface area contributed by atoms with Crippen molar-refractivity contribution >= 4 is 17.2 Å². The van der Waals surface area contributed by atoms with Gasteiger partial charge in [-0.2, -0.15) is 0 Å². The topological polar surface area (TPSA) is 37.8 Å². The van der Waals surface area contributed by atoms with Gasteiger partial charge in [-0.05, 0) is 37.8 Å². The normalized spacial score (nSPS) is 13.7. The third-order valence-corrected chi connectivity index (χ3v) is 4.28. The molecule has 0 bridgehead atoms. The van der Waals surface area contributed by atoms with Crippen molar-refractivity contribution in [3.63, 3.8) is 0 Å². The van der Waals surface area contributed by atoms with Gasteiger partial charge >= 0.3 is 0 Å². The fraction of sp³-hybridized carbons (Fsp3) is 0.385. The summed E-state index contributed by atoms with van der Waals surface area (Å²) in [7, 11) is 0. The Hall–Kier alpha value is -1.42. The van der Waals surface area contributed by atoms with Gasteiger partial charge in [-0.3, -0.25) is 0 Å². The van der Waals surface area contributed by atoms with E-state index in [1.54, 1.807) is 16.8 Å². The van der Waals surface area contributed by atoms with E-state index in [0.29, 0.717) is 0 Å². The van der Waals surface area contributed by atoms with E-state index in [9.17, 15) is 0 Å². The zero-order valence-corrected chi connectivity index (χ0v) is 10.7. The lowest BCUT2D eigenvalue weighted by atomic mass is 10.2. The Morgan fingerprint density at radius 2 is 2.24 bits per heavy atom. The summed E-state index contributed by atoms with van der Waals surface area (Å²) in [5.74, 6) is 0.908. The average Bonchev–Trinajstić information content (AvgIpc) is 2.86. The first-order chi connectivity index (χ1) is 8.31. The molecule has 2 aromatic heterocycles. The van der Waals surface area contributed by atoms with Gasteiger partial charge in [0.1, 0.15) is 12.1 Å². The molecule has 3 rings (SSSR count). The van der Waals surface area contributed by atoms with Crippen LogP contribution in [0.3, 0.4) is 0 Å². The first-order valence-corrected chi connectivity index (χ1v) is 6.76. The predicted molar refractivity (Wildman–Crippen MR) is 70.4 cm³/mol. The monoisotopic (exact) mass is 245 g/mol. The Labute approximate surface area is 105 Å². The molecule has 17 heavy (non-hydrogen) atoms. The predicted octanol–water partition coefficient (Wildman–Crippen LogP) is 2.95. The van der Waals surface area contributed by atoms with Crippen molar-refractivity contribution in [3.8, 4) is 0 Å². The molecule has 0 aromatic carbocycles. The van der Waals surface area contributed by atoms with Crippen LogP contribution in [0.2, 0.25) is 0 Å². The maximum absolute atomic E-state index is 4.20. The summed E-state index contributed by atoms with van der Waals surface area (Å²) in [5, 5.41) is 3.35. The van der Waals surface area contributed by atoms with E-state index in [0.717, 1.165) is 18.1 Å². The summed E-state index contributed by atoms with van der Waals surface area (Å²) < 4.78 is 0. The number of thiophene rings is 1. The van der Waals surface area contributed by atoms with Gasteiger partial charge in [0.15, 0.2) is 0 Å². The molecule has 88 valence electrons. The molecule has 4 heteroatoms. The van der Waals surface area contributed by atoms with Crippen LogP contribution in [0.5, 0.6) is 0 Å². The van der Waals surface area contributed by atoms with Crippen LogP contribution in [0.15, 0.2) is 18.5 Å². The first kappa shape index (κ1) is 10.7. The fourth-order valence-corrected chi connectivity index (χ4v) is 3.41. The molecule has 0 aliphatic heterocycles. The second-order valence-corrected chi connectivity index (χ2v) is 5.63. The summed E-state index contributed by atoms with van der Waals surface area (Å²) in [4.78, 5) is 11.3. The number of hydrogen-bond donors (Lipinski definition) is 1. The summed E-state index contributed by atoms with van der Waals surface area (Å²) in [6.07, 6.45) is 5.47. The van der Waals surface area contributed by atoms with E-state index in [1.807, 2.05) is 24.3 Å². The van der Waals surface area contributed by atoms with Gasteiger partial charge in [0.05, 0.1) is 6.54 Å². The van der Waals surface area contributed by atoms with E-state index < -0.39 is 0 Å². The number of aryl methyl sites for hydroxylation is 3. The Morgan fingerprint density at radius 3 is 3.06 bits per heavy atom. The summed E-state index contributed by atoms with van der Waals surface area (Å²) in [6, 6.07) is 4.31. The lowest BCUT2D eigenvalue weighted by Gasteiger charge is -2.03. The average molecular weight is 245 g/mol. The van der Waals surface area contributed by atoms with Crippen LogP contribution < -0.4 is 5.32 Å². The maximum Gasteiger partial charge on any atom is 0.129 e. The SMILES string of the molecule is Cc1cc(NCc2cc3c(s2)CCC3)ncn1. The third kappa shape index (κ3) is 2.31. The van der Waals surface area contributed by atoms with E-state index in [2.05, 4.69) is 21.4 Å². The van der Waals surface area contributed by atoms with Crippen LogP contribution in [-0.2, 0) is 19.4 Å². The Kier molecular flexibility index (Phi) is 2.81. The van der Waals surface area contributed by atoms with Crippen LogP contribution >= 0.6 is 11.3 Å². The van der Waals surface area contributed by atoms with Crippen molar-refractivity contribution in [1.29, 1.82) is 0 Å². The molecule has 0 atom stereocenters. The highest BCUT2D eigenvalue weighted by molar-refractivity contribution is 7.12. The lowest BCUT2D eigenvalue weighted by molar-refractivity contribution is 0.913. The van der Waals surface area contributed by atoms with Crippen molar-refractivity contribution in [3.05, 3.63) is 39.5 Å². The van der Waals surface area contributed by atoms with Gasteiger partial charge in [-0.15, -0.1) is 11.3 Å². The van der Waals surface area contributed by atoms with Crippen LogP contribution in [0, 0.1) is 6.92 Å². The number of anilines is 1. The van der Waals surface area contributed by atoms with Gasteiger partial charge in [-0.25, -0.2) is 9.97 Å². The summed E-state index contributed by atoms with van der Waals surface area (Å²) in [5.41, 5.74) is 2.56. The van der Waals surface area contributed by atoms with Gasteiger partial charge in [-0.1, -0.05) is 0 Å². The van der Waals surface area contributed by atoms with E-state index in [1.165, 1.54) is 24.1 Å². The molecule has 0 spiro atoms. The van der Waals surface area contributed by atoms with Gasteiger partial charge < -0.3 is 5.32 Å². The minimum atomic E-state index is 0.869. The second kappa shape index (κ2) is 4.45. The van der Waals surface area contributed by atoms with Crippen LogP contribution in [-0.4, -0.2) is 9.97 Å². The molecule has 2 aromatic rings. The first-order valence-electron chi connectivity index (χ1n) is 5.94. The van der Waals surface area contributed by atoms with Gasteiger partial charge in [0, 0.05) is 21.5 Å². The third-order valence-electron chi connectivity index (χ3n) is 3.05. The smallest absolute Gasteiger partial charge is 0.129 e. The van der Waals surface area contributed by atoms with E-state index in [4.69, 9.17) is 0 Å². The van der Waals surface area contributed by atoms with Crippen LogP contribution in [0.1, 0.15) is 27.4 Å². The van der Waals surface area contributed by atoms with Crippen molar-refractivity contribution in [2.45, 2.75) is 32.7 Å². The molecule has 0 amide bonds. The van der Waals surface area contributed by atoms with E-state index in [-0.39, 0.29) is 0 Å². The Bertz CT molecular complexity index is 512. The zero-order chi connectivity index (χ0) is 11.7. The molecular formula is C13H15N3S. The number of rotatable bonds is 3. The molecular weight excluding hydrogens is 230 g/mol. The largest absolute Gasteiger partial charge is 0.365 e. The van der Waals surface area contributed by atoms with Gasteiger partial charge in [0.25, 0.3) is 0 Å². The molecule has 0 saturated heterocycles. The molecule has 3 nitrogen and oxygen atoms in total. The second-order valence-electron chi connectivity index (χ2n) is 4.41. The summed E-state index contributed by atoms with van der Waals surface area (Å²) in [6.45, 7) is 2.85. The Balaban J connectivity index is 1.67. The minimum Gasteiger partial charge on any atom is -0.365 e. The number of hydrogen-bond acceptors (Lipinski definition) is 4. The fourth-order valence-electron chi connectivity index (χ4n) is 2.21. The molecule has 2 heterocycles. The van der Waals surface area contributed by atoms with Crippen LogP contribution in [0.4, 0.5) is 5.82 Å². The standard InChI is InChI=1S/C13H15N3S/c1-9-5-13(16-8-15-9)14-7-11-6-10-3-2-4-12(10)17-11/h5-6,8H,2-4,7H2,1H3,(H,14,15,16). The zero-order valence-electron chi connectivity index (χ0n) is 9.86. The van der Waals surface area contributed by atoms with Crippen molar-refractivity contribution in [1.82, 2.24) is 9.97 Å². The molecule has 0 fully saturated rings. The quantitative estimate of drug-likeness (QED) is 0.903. The molecule has 1 aliphatic carbocycles. The van der Waals surface area contributed by atoms with Gasteiger partial charge in [0.2, 0.25) is 0 Å². The molecule has 0 unspecified atom stereocenters.